The van der Waals surface area contributed by atoms with Crippen LogP contribution < -0.4 is 4.90 Å². The normalized spacial score (nSPS) is 17.6. The highest BCUT2D eigenvalue weighted by molar-refractivity contribution is 8.00. The number of rotatable bonds is 3. The average Bonchev–Trinajstić information content (AvgIpc) is 2.89. The first-order valence-corrected chi connectivity index (χ1v) is 8.27. The Morgan fingerprint density at radius 3 is 2.70 bits per heavy atom. The average molecular weight is 328 g/mol. The van der Waals surface area contributed by atoms with Crippen LogP contribution in [0.5, 0.6) is 0 Å². The fourth-order valence-corrected chi connectivity index (χ4v) is 3.96. The topological polar surface area (TPSA) is 63.5 Å². The van der Waals surface area contributed by atoms with E-state index in [9.17, 15) is 14.9 Å². The zero-order chi connectivity index (χ0) is 16.6. The smallest absolute Gasteiger partial charge is 0.269 e. The molecule has 3 rings (SSSR count). The molecule has 1 amide bonds. The largest absolute Gasteiger partial charge is 0.295 e. The van der Waals surface area contributed by atoms with Gasteiger partial charge in [0.05, 0.1) is 10.7 Å². The second-order valence-corrected chi connectivity index (χ2v) is 6.64. The summed E-state index contributed by atoms with van der Waals surface area (Å²) in [6.45, 7) is 3.98. The van der Waals surface area contributed by atoms with Crippen LogP contribution >= 0.6 is 11.8 Å². The van der Waals surface area contributed by atoms with Gasteiger partial charge in [-0.1, -0.05) is 29.8 Å². The van der Waals surface area contributed by atoms with Gasteiger partial charge in [0.15, 0.2) is 0 Å². The van der Waals surface area contributed by atoms with Crippen molar-refractivity contribution in [2.24, 2.45) is 0 Å². The number of carbonyl (C=O) groups is 1. The van der Waals surface area contributed by atoms with E-state index in [1.807, 2.05) is 38.1 Å². The van der Waals surface area contributed by atoms with E-state index in [1.165, 1.54) is 17.8 Å². The van der Waals surface area contributed by atoms with Crippen LogP contribution in [0, 0.1) is 24.0 Å². The third-order valence-corrected chi connectivity index (χ3v) is 5.06. The van der Waals surface area contributed by atoms with Crippen molar-refractivity contribution in [3.05, 3.63) is 69.3 Å². The van der Waals surface area contributed by atoms with Crippen molar-refractivity contribution in [3.8, 4) is 0 Å². The lowest BCUT2D eigenvalue weighted by molar-refractivity contribution is -0.384. The van der Waals surface area contributed by atoms with Crippen LogP contribution in [-0.4, -0.2) is 16.6 Å². The van der Waals surface area contributed by atoms with Crippen molar-refractivity contribution in [3.63, 3.8) is 0 Å². The summed E-state index contributed by atoms with van der Waals surface area (Å²) in [6, 6.07) is 12.5. The second-order valence-electron chi connectivity index (χ2n) is 5.57. The Hall–Kier alpha value is -2.34. The number of benzene rings is 2. The van der Waals surface area contributed by atoms with Gasteiger partial charge in [-0.15, -0.1) is 11.8 Å². The Kier molecular flexibility index (Phi) is 4.09. The summed E-state index contributed by atoms with van der Waals surface area (Å²) < 4.78 is 0. The number of hydrogen-bond donors (Lipinski definition) is 0. The lowest BCUT2D eigenvalue weighted by Gasteiger charge is -2.26. The lowest BCUT2D eigenvalue weighted by Crippen LogP contribution is -2.28. The highest BCUT2D eigenvalue weighted by Gasteiger charge is 2.35. The number of non-ortho nitro benzene ring substituents is 1. The van der Waals surface area contributed by atoms with Crippen molar-refractivity contribution in [2.45, 2.75) is 19.2 Å². The molecular formula is C17H16N2O3S. The molecule has 1 fully saturated rings. The molecule has 0 aromatic heterocycles. The SMILES string of the molecule is Cc1ccc(N2C(=O)CSC2c2cccc([N+](=O)[O-])c2)c(C)c1. The molecule has 6 heteroatoms. The maximum atomic E-state index is 12.4. The molecule has 1 aliphatic rings. The molecule has 0 N–H and O–H groups in total. The number of thioether (sulfide) groups is 1. The zero-order valence-corrected chi connectivity index (χ0v) is 13.7. The van der Waals surface area contributed by atoms with Gasteiger partial charge in [0.2, 0.25) is 5.91 Å². The molecule has 0 spiro atoms. The minimum atomic E-state index is -0.410. The summed E-state index contributed by atoms with van der Waals surface area (Å²) in [7, 11) is 0. The van der Waals surface area contributed by atoms with Crippen LogP contribution in [-0.2, 0) is 4.79 Å². The summed E-state index contributed by atoms with van der Waals surface area (Å²) in [4.78, 5) is 24.7. The Labute approximate surface area is 138 Å². The van der Waals surface area contributed by atoms with Gasteiger partial charge in [0, 0.05) is 17.8 Å². The van der Waals surface area contributed by atoms with Crippen molar-refractivity contribution in [1.29, 1.82) is 0 Å². The van der Waals surface area contributed by atoms with Crippen LogP contribution in [0.3, 0.4) is 0 Å². The number of amides is 1. The van der Waals surface area contributed by atoms with Crippen LogP contribution in [0.1, 0.15) is 22.1 Å². The molecule has 1 saturated heterocycles. The predicted molar refractivity (Wildman–Crippen MR) is 91.7 cm³/mol. The minimum absolute atomic E-state index is 0.0264. The lowest BCUT2D eigenvalue weighted by atomic mass is 10.1. The Bertz CT molecular complexity index is 791. The maximum absolute atomic E-state index is 12.4. The summed E-state index contributed by atoms with van der Waals surface area (Å²) >= 11 is 1.49. The molecule has 1 aliphatic heterocycles. The van der Waals surface area contributed by atoms with Gasteiger partial charge in [-0.25, -0.2) is 0 Å². The monoisotopic (exact) mass is 328 g/mol. The van der Waals surface area contributed by atoms with E-state index < -0.39 is 4.92 Å². The van der Waals surface area contributed by atoms with Crippen LogP contribution in [0.15, 0.2) is 42.5 Å². The third-order valence-electron chi connectivity index (χ3n) is 3.85. The van der Waals surface area contributed by atoms with Crippen molar-refractivity contribution in [2.75, 3.05) is 10.7 Å². The summed E-state index contributed by atoms with van der Waals surface area (Å²) in [5.41, 5.74) is 3.84. The highest BCUT2D eigenvalue weighted by Crippen LogP contribution is 2.43. The first kappa shape index (κ1) is 15.6. The number of carbonyl (C=O) groups excluding carboxylic acids is 1. The van der Waals surface area contributed by atoms with Gasteiger partial charge in [0.25, 0.3) is 5.69 Å². The Morgan fingerprint density at radius 2 is 2.00 bits per heavy atom. The number of hydrogen-bond acceptors (Lipinski definition) is 4. The maximum Gasteiger partial charge on any atom is 0.269 e. The molecule has 1 atom stereocenters. The highest BCUT2D eigenvalue weighted by atomic mass is 32.2. The Morgan fingerprint density at radius 1 is 1.22 bits per heavy atom. The standard InChI is InChI=1S/C17H16N2O3S/c1-11-6-7-15(12(2)8-11)18-16(20)10-23-17(18)13-4-3-5-14(9-13)19(21)22/h3-9,17H,10H2,1-2H3. The molecule has 0 radical (unpaired) electrons. The Balaban J connectivity index is 2.03. The van der Waals surface area contributed by atoms with E-state index in [1.54, 1.807) is 17.0 Å². The fraction of sp³-hybridized carbons (Fsp3) is 0.235. The number of nitro groups is 1. The van der Waals surface area contributed by atoms with Crippen LogP contribution in [0.25, 0.3) is 0 Å². The van der Waals surface area contributed by atoms with Crippen molar-refractivity contribution in [1.82, 2.24) is 0 Å². The van der Waals surface area contributed by atoms with Gasteiger partial charge in [0.1, 0.15) is 5.37 Å². The van der Waals surface area contributed by atoms with Crippen LogP contribution in [0.4, 0.5) is 11.4 Å². The van der Waals surface area contributed by atoms with Crippen molar-refractivity contribution >= 4 is 29.0 Å². The molecule has 118 valence electrons. The number of anilines is 1. The molecule has 1 unspecified atom stereocenters. The van der Waals surface area contributed by atoms with E-state index in [0.717, 1.165) is 22.4 Å². The van der Waals surface area contributed by atoms with E-state index in [4.69, 9.17) is 0 Å². The van der Waals surface area contributed by atoms with E-state index >= 15 is 0 Å². The molecule has 5 nitrogen and oxygen atoms in total. The quantitative estimate of drug-likeness (QED) is 0.631. The first-order valence-electron chi connectivity index (χ1n) is 7.22. The molecule has 2 aromatic rings. The van der Waals surface area contributed by atoms with E-state index in [-0.39, 0.29) is 17.0 Å². The zero-order valence-electron chi connectivity index (χ0n) is 12.9. The first-order chi connectivity index (χ1) is 11.0. The molecular weight excluding hydrogens is 312 g/mol. The summed E-state index contributed by atoms with van der Waals surface area (Å²) in [5.74, 6) is 0.402. The fourth-order valence-electron chi connectivity index (χ4n) is 2.80. The number of aryl methyl sites for hydroxylation is 2. The molecule has 0 aliphatic carbocycles. The van der Waals surface area contributed by atoms with Crippen molar-refractivity contribution < 1.29 is 9.72 Å². The molecule has 2 aromatic carbocycles. The van der Waals surface area contributed by atoms with Gasteiger partial charge in [-0.3, -0.25) is 19.8 Å². The van der Waals surface area contributed by atoms with Gasteiger partial charge in [-0.05, 0) is 31.0 Å². The second kappa shape index (κ2) is 6.04. The van der Waals surface area contributed by atoms with Gasteiger partial charge >= 0.3 is 0 Å². The van der Waals surface area contributed by atoms with Crippen LogP contribution in [0.2, 0.25) is 0 Å². The number of nitrogens with zero attached hydrogens (tertiary/aromatic N) is 2. The third kappa shape index (κ3) is 2.94. The molecule has 23 heavy (non-hydrogen) atoms. The predicted octanol–water partition coefficient (Wildman–Crippen LogP) is 3.99. The minimum Gasteiger partial charge on any atom is -0.295 e. The van der Waals surface area contributed by atoms with E-state index in [2.05, 4.69) is 0 Å². The number of nitro benzene ring substituents is 1. The molecule has 1 heterocycles. The summed E-state index contributed by atoms with van der Waals surface area (Å²) in [5, 5.41) is 10.8. The van der Waals surface area contributed by atoms with Gasteiger partial charge < -0.3 is 0 Å². The van der Waals surface area contributed by atoms with Gasteiger partial charge in [-0.2, -0.15) is 0 Å². The summed E-state index contributed by atoms with van der Waals surface area (Å²) in [6.07, 6.45) is 0. The molecule has 0 saturated carbocycles. The van der Waals surface area contributed by atoms with E-state index in [0.29, 0.717) is 5.75 Å². The molecule has 0 bridgehead atoms.